The van der Waals surface area contributed by atoms with Gasteiger partial charge in [0.2, 0.25) is 0 Å². The van der Waals surface area contributed by atoms with Gasteiger partial charge in [0, 0.05) is 12.5 Å². The third-order valence-electron chi connectivity index (χ3n) is 1.73. The van der Waals surface area contributed by atoms with Crippen LogP contribution in [0.3, 0.4) is 0 Å². The Bertz CT molecular complexity index is 326. The number of hydrogen-bond acceptors (Lipinski definition) is 3. The van der Waals surface area contributed by atoms with Gasteiger partial charge in [0.15, 0.2) is 5.71 Å². The molecule has 0 aromatic heterocycles. The van der Waals surface area contributed by atoms with E-state index in [-0.39, 0.29) is 11.9 Å². The van der Waals surface area contributed by atoms with Crippen LogP contribution in [0.5, 0.6) is 0 Å². The minimum Gasteiger partial charge on any atom is -0.348 e. The third-order valence-corrected chi connectivity index (χ3v) is 1.73. The number of rotatable bonds is 3. The molecule has 0 aromatic rings. The molecule has 4 heteroatoms. The molecule has 4 nitrogen and oxygen atoms in total. The molecule has 0 radical (unpaired) electrons. The fraction of sp³-hybridized carbons (Fsp3) is 0.500. The quantitative estimate of drug-likeness (QED) is 0.721. The van der Waals surface area contributed by atoms with Gasteiger partial charge in [-0.25, -0.2) is 9.98 Å². The summed E-state index contributed by atoms with van der Waals surface area (Å²) in [6.45, 7) is 9.43. The lowest BCUT2D eigenvalue weighted by atomic mass is 10.2. The van der Waals surface area contributed by atoms with Crippen molar-refractivity contribution >= 4 is 17.5 Å². The molecule has 1 amide bonds. The van der Waals surface area contributed by atoms with Gasteiger partial charge in [-0.1, -0.05) is 13.5 Å². The van der Waals surface area contributed by atoms with E-state index in [9.17, 15) is 4.79 Å². The summed E-state index contributed by atoms with van der Waals surface area (Å²) in [5.74, 6) is 0.473. The Hall–Kier alpha value is -1.45. The first-order valence-electron chi connectivity index (χ1n) is 4.71. The fourth-order valence-electron chi connectivity index (χ4n) is 1.10. The molecular formula is C10H15N3O. The maximum absolute atomic E-state index is 11.6. The van der Waals surface area contributed by atoms with Crippen LogP contribution in [-0.2, 0) is 4.79 Å². The second-order valence-electron chi connectivity index (χ2n) is 3.42. The van der Waals surface area contributed by atoms with E-state index < -0.39 is 0 Å². The zero-order valence-corrected chi connectivity index (χ0v) is 8.79. The largest absolute Gasteiger partial charge is 0.348 e. The van der Waals surface area contributed by atoms with Gasteiger partial charge in [-0.2, -0.15) is 0 Å². The van der Waals surface area contributed by atoms with Crippen LogP contribution in [0.4, 0.5) is 0 Å². The van der Waals surface area contributed by atoms with Crippen molar-refractivity contribution in [3.8, 4) is 0 Å². The van der Waals surface area contributed by atoms with E-state index in [2.05, 4.69) is 21.9 Å². The SMILES string of the molecule is C=C1N=C(CC)N=C1C(=O)NC(C)C. The molecular weight excluding hydrogens is 178 g/mol. The van der Waals surface area contributed by atoms with E-state index in [0.717, 1.165) is 6.42 Å². The van der Waals surface area contributed by atoms with Crippen LogP contribution in [0.15, 0.2) is 22.3 Å². The van der Waals surface area contributed by atoms with Gasteiger partial charge in [-0.15, -0.1) is 0 Å². The van der Waals surface area contributed by atoms with Crippen molar-refractivity contribution in [1.82, 2.24) is 5.32 Å². The van der Waals surface area contributed by atoms with Crippen LogP contribution in [0, 0.1) is 0 Å². The molecule has 0 unspecified atom stereocenters. The second kappa shape index (κ2) is 4.17. The molecule has 76 valence electrons. The lowest BCUT2D eigenvalue weighted by Gasteiger charge is -2.07. The summed E-state index contributed by atoms with van der Waals surface area (Å²) in [6.07, 6.45) is 0.720. The molecule has 0 spiro atoms. The first-order valence-corrected chi connectivity index (χ1v) is 4.71. The lowest BCUT2D eigenvalue weighted by molar-refractivity contribution is -0.115. The highest BCUT2D eigenvalue weighted by Gasteiger charge is 2.20. The molecule has 0 aromatic carbocycles. The molecule has 14 heavy (non-hydrogen) atoms. The first-order chi connectivity index (χ1) is 6.54. The van der Waals surface area contributed by atoms with Crippen molar-refractivity contribution in [1.29, 1.82) is 0 Å². The predicted molar refractivity (Wildman–Crippen MR) is 57.6 cm³/mol. The van der Waals surface area contributed by atoms with Gasteiger partial charge in [0.25, 0.3) is 5.91 Å². The van der Waals surface area contributed by atoms with E-state index in [0.29, 0.717) is 17.2 Å². The highest BCUT2D eigenvalue weighted by molar-refractivity contribution is 6.48. The minimum atomic E-state index is -0.197. The smallest absolute Gasteiger partial charge is 0.272 e. The summed E-state index contributed by atoms with van der Waals surface area (Å²) in [4.78, 5) is 19.7. The van der Waals surface area contributed by atoms with Crippen LogP contribution in [0.25, 0.3) is 0 Å². The summed E-state index contributed by atoms with van der Waals surface area (Å²) in [7, 11) is 0. The number of amidine groups is 1. The zero-order valence-electron chi connectivity index (χ0n) is 8.79. The number of aliphatic imine (C=N–C) groups is 2. The Morgan fingerprint density at radius 2 is 2.14 bits per heavy atom. The van der Waals surface area contributed by atoms with E-state index in [1.54, 1.807) is 0 Å². The van der Waals surface area contributed by atoms with Crippen molar-refractivity contribution in [3.63, 3.8) is 0 Å². The maximum atomic E-state index is 11.6. The van der Waals surface area contributed by atoms with Gasteiger partial charge < -0.3 is 5.32 Å². The Morgan fingerprint density at radius 3 is 2.57 bits per heavy atom. The number of hydrogen-bond donors (Lipinski definition) is 1. The van der Waals surface area contributed by atoms with E-state index in [1.807, 2.05) is 20.8 Å². The molecule has 1 aliphatic heterocycles. The summed E-state index contributed by atoms with van der Waals surface area (Å²) in [5.41, 5.74) is 0.801. The molecule has 1 rings (SSSR count). The number of carbonyl (C=O) groups excluding carboxylic acids is 1. The summed E-state index contributed by atoms with van der Waals surface area (Å²) in [5, 5.41) is 2.76. The molecule has 0 bridgehead atoms. The molecule has 0 saturated carbocycles. The normalized spacial score (nSPS) is 15.6. The third kappa shape index (κ3) is 2.28. The Kier molecular flexibility index (Phi) is 3.17. The van der Waals surface area contributed by atoms with Gasteiger partial charge in [-0.3, -0.25) is 4.79 Å². The van der Waals surface area contributed by atoms with Crippen LogP contribution < -0.4 is 5.32 Å². The van der Waals surface area contributed by atoms with Crippen LogP contribution in [0.1, 0.15) is 27.2 Å². The van der Waals surface area contributed by atoms with Crippen LogP contribution >= 0.6 is 0 Å². The Morgan fingerprint density at radius 1 is 1.50 bits per heavy atom. The second-order valence-corrected chi connectivity index (χ2v) is 3.42. The van der Waals surface area contributed by atoms with Crippen molar-refractivity contribution in [2.45, 2.75) is 33.2 Å². The number of carbonyl (C=O) groups is 1. The standard InChI is InChI=1S/C10H15N3O/c1-5-8-12-7(4)9(13-8)10(14)11-6(2)3/h6H,4-5H2,1-3H3,(H,11,14). The monoisotopic (exact) mass is 193 g/mol. The Labute approximate surface area is 83.8 Å². The number of amides is 1. The van der Waals surface area contributed by atoms with Gasteiger partial charge in [0.05, 0.1) is 5.70 Å². The van der Waals surface area contributed by atoms with Crippen molar-refractivity contribution in [3.05, 3.63) is 12.3 Å². The van der Waals surface area contributed by atoms with Crippen LogP contribution in [-0.4, -0.2) is 23.5 Å². The minimum absolute atomic E-state index is 0.101. The molecule has 1 N–H and O–H groups in total. The van der Waals surface area contributed by atoms with E-state index in [1.165, 1.54) is 0 Å². The average Bonchev–Trinajstić information content (AvgIpc) is 2.45. The summed E-state index contributed by atoms with van der Waals surface area (Å²) in [6, 6.07) is 0.101. The maximum Gasteiger partial charge on any atom is 0.272 e. The van der Waals surface area contributed by atoms with Crippen molar-refractivity contribution in [2.24, 2.45) is 9.98 Å². The zero-order chi connectivity index (χ0) is 10.7. The number of nitrogens with zero attached hydrogens (tertiary/aromatic N) is 2. The molecule has 1 heterocycles. The fourth-order valence-corrected chi connectivity index (χ4v) is 1.10. The summed E-state index contributed by atoms with van der Waals surface area (Å²) >= 11 is 0. The first kappa shape index (κ1) is 10.6. The molecule has 0 fully saturated rings. The van der Waals surface area contributed by atoms with Gasteiger partial charge >= 0.3 is 0 Å². The topological polar surface area (TPSA) is 53.8 Å². The average molecular weight is 193 g/mol. The molecule has 0 saturated heterocycles. The van der Waals surface area contributed by atoms with Crippen molar-refractivity contribution < 1.29 is 4.79 Å². The molecule has 1 aliphatic rings. The Balaban J connectivity index is 2.73. The predicted octanol–water partition coefficient (Wildman–Crippen LogP) is 1.29. The highest BCUT2D eigenvalue weighted by Crippen LogP contribution is 2.10. The molecule has 0 atom stereocenters. The van der Waals surface area contributed by atoms with Crippen LogP contribution in [0.2, 0.25) is 0 Å². The van der Waals surface area contributed by atoms with Gasteiger partial charge in [-0.05, 0) is 13.8 Å². The molecule has 0 aliphatic carbocycles. The van der Waals surface area contributed by atoms with E-state index in [4.69, 9.17) is 0 Å². The number of nitrogens with one attached hydrogen (secondary N) is 1. The van der Waals surface area contributed by atoms with Gasteiger partial charge in [0.1, 0.15) is 5.84 Å². The lowest BCUT2D eigenvalue weighted by Crippen LogP contribution is -2.35. The van der Waals surface area contributed by atoms with E-state index >= 15 is 0 Å². The van der Waals surface area contributed by atoms with Crippen molar-refractivity contribution in [2.75, 3.05) is 0 Å². The summed E-state index contributed by atoms with van der Waals surface area (Å²) < 4.78 is 0. The highest BCUT2D eigenvalue weighted by atomic mass is 16.2.